The number of aryl methyl sites for hydroxylation is 1. The van der Waals surface area contributed by atoms with Crippen LogP contribution in [0.5, 0.6) is 0 Å². The Balaban J connectivity index is 2.28. The van der Waals surface area contributed by atoms with E-state index in [1.54, 1.807) is 25.1 Å². The van der Waals surface area contributed by atoms with E-state index in [0.717, 1.165) is 17.7 Å². The van der Waals surface area contributed by atoms with E-state index < -0.39 is 17.5 Å². The predicted octanol–water partition coefficient (Wildman–Crippen LogP) is 3.81. The molecule has 0 aromatic heterocycles. The van der Waals surface area contributed by atoms with Gasteiger partial charge >= 0.3 is 0 Å². The molecule has 0 heterocycles. The van der Waals surface area contributed by atoms with Crippen molar-refractivity contribution in [3.05, 3.63) is 59.2 Å². The van der Waals surface area contributed by atoms with E-state index in [0.29, 0.717) is 10.5 Å². The molecule has 5 heteroatoms. The van der Waals surface area contributed by atoms with Gasteiger partial charge in [-0.3, -0.25) is 4.79 Å². The summed E-state index contributed by atoms with van der Waals surface area (Å²) >= 11 is 4.15. The zero-order valence-electron chi connectivity index (χ0n) is 10.1. The second-order valence-electron chi connectivity index (χ2n) is 4.08. The van der Waals surface area contributed by atoms with Crippen LogP contribution in [-0.4, -0.2) is 5.91 Å². The number of thiol groups is 1. The average molecular weight is 279 g/mol. The molecule has 0 aliphatic heterocycles. The summed E-state index contributed by atoms with van der Waals surface area (Å²) in [7, 11) is 0. The monoisotopic (exact) mass is 279 g/mol. The van der Waals surface area contributed by atoms with Crippen molar-refractivity contribution in [2.75, 3.05) is 5.32 Å². The molecular formula is C14H11F2NOS. The summed E-state index contributed by atoms with van der Waals surface area (Å²) < 4.78 is 26.2. The number of anilines is 1. The lowest BCUT2D eigenvalue weighted by molar-refractivity contribution is 0.102. The maximum absolute atomic E-state index is 13.4. The van der Waals surface area contributed by atoms with Crippen LogP contribution < -0.4 is 5.32 Å². The number of amides is 1. The van der Waals surface area contributed by atoms with Crippen molar-refractivity contribution in [3.63, 3.8) is 0 Å². The standard InChI is InChI=1S/C14H11F2NOS/c1-8-2-4-10(19)7-11(8)14(18)17-13-5-3-9(15)6-12(13)16/h2-7,19H,1H3,(H,17,18). The molecule has 1 amide bonds. The normalized spacial score (nSPS) is 10.3. The first-order valence-corrected chi connectivity index (χ1v) is 5.98. The van der Waals surface area contributed by atoms with Crippen molar-refractivity contribution < 1.29 is 13.6 Å². The minimum Gasteiger partial charge on any atom is -0.319 e. The van der Waals surface area contributed by atoms with Crippen LogP contribution in [0.2, 0.25) is 0 Å². The number of nitrogens with one attached hydrogen (secondary N) is 1. The zero-order valence-corrected chi connectivity index (χ0v) is 11.0. The largest absolute Gasteiger partial charge is 0.319 e. The van der Waals surface area contributed by atoms with Gasteiger partial charge < -0.3 is 5.32 Å². The first-order chi connectivity index (χ1) is 8.97. The maximum Gasteiger partial charge on any atom is 0.256 e. The van der Waals surface area contributed by atoms with Crippen molar-refractivity contribution in [1.29, 1.82) is 0 Å². The topological polar surface area (TPSA) is 29.1 Å². The molecule has 0 fully saturated rings. The number of benzene rings is 2. The van der Waals surface area contributed by atoms with Crippen LogP contribution in [0.1, 0.15) is 15.9 Å². The number of hydrogen-bond acceptors (Lipinski definition) is 2. The number of carbonyl (C=O) groups excluding carboxylic acids is 1. The van der Waals surface area contributed by atoms with Gasteiger partial charge in [0.15, 0.2) is 0 Å². The van der Waals surface area contributed by atoms with Crippen molar-refractivity contribution in [1.82, 2.24) is 0 Å². The van der Waals surface area contributed by atoms with Crippen LogP contribution in [0, 0.1) is 18.6 Å². The van der Waals surface area contributed by atoms with Gasteiger partial charge in [0.25, 0.3) is 5.91 Å². The summed E-state index contributed by atoms with van der Waals surface area (Å²) in [6.07, 6.45) is 0. The summed E-state index contributed by atoms with van der Waals surface area (Å²) in [5.41, 5.74) is 1.09. The lowest BCUT2D eigenvalue weighted by Crippen LogP contribution is -2.14. The fourth-order valence-corrected chi connectivity index (χ4v) is 1.84. The van der Waals surface area contributed by atoms with Gasteiger partial charge in [-0.1, -0.05) is 6.07 Å². The highest BCUT2D eigenvalue weighted by atomic mass is 32.1. The highest BCUT2D eigenvalue weighted by Crippen LogP contribution is 2.19. The van der Waals surface area contributed by atoms with Crippen molar-refractivity contribution in [2.45, 2.75) is 11.8 Å². The van der Waals surface area contributed by atoms with E-state index in [2.05, 4.69) is 17.9 Å². The molecule has 0 saturated heterocycles. The van der Waals surface area contributed by atoms with Gasteiger partial charge in [-0.25, -0.2) is 8.78 Å². The lowest BCUT2D eigenvalue weighted by atomic mass is 10.1. The van der Waals surface area contributed by atoms with Crippen LogP contribution in [0.15, 0.2) is 41.3 Å². The molecule has 19 heavy (non-hydrogen) atoms. The van der Waals surface area contributed by atoms with E-state index in [1.165, 1.54) is 6.07 Å². The van der Waals surface area contributed by atoms with Gasteiger partial charge in [-0.2, -0.15) is 0 Å². The first kappa shape index (κ1) is 13.5. The fourth-order valence-electron chi connectivity index (χ4n) is 1.64. The molecule has 0 aliphatic rings. The van der Waals surface area contributed by atoms with E-state index in [1.807, 2.05) is 0 Å². The van der Waals surface area contributed by atoms with Gasteiger partial charge in [0.05, 0.1) is 5.69 Å². The summed E-state index contributed by atoms with van der Waals surface area (Å²) in [5.74, 6) is -1.96. The van der Waals surface area contributed by atoms with Crippen molar-refractivity contribution >= 4 is 24.2 Å². The van der Waals surface area contributed by atoms with Crippen molar-refractivity contribution in [3.8, 4) is 0 Å². The van der Waals surface area contributed by atoms with Crippen LogP contribution in [-0.2, 0) is 0 Å². The third kappa shape index (κ3) is 3.12. The molecule has 0 saturated carbocycles. The highest BCUT2D eigenvalue weighted by molar-refractivity contribution is 7.80. The minimum atomic E-state index is -0.812. The Morgan fingerprint density at radius 3 is 2.58 bits per heavy atom. The molecule has 1 N–H and O–H groups in total. The van der Waals surface area contributed by atoms with Crippen molar-refractivity contribution in [2.24, 2.45) is 0 Å². The molecule has 0 radical (unpaired) electrons. The molecule has 0 bridgehead atoms. The molecule has 2 aromatic rings. The quantitative estimate of drug-likeness (QED) is 0.804. The molecule has 98 valence electrons. The third-order valence-electron chi connectivity index (χ3n) is 2.65. The van der Waals surface area contributed by atoms with E-state index >= 15 is 0 Å². The van der Waals surface area contributed by atoms with Crippen LogP contribution in [0.4, 0.5) is 14.5 Å². The fraction of sp³-hybridized carbons (Fsp3) is 0.0714. The number of carbonyl (C=O) groups is 1. The number of hydrogen-bond donors (Lipinski definition) is 2. The highest BCUT2D eigenvalue weighted by Gasteiger charge is 2.12. The van der Waals surface area contributed by atoms with Gasteiger partial charge in [-0.05, 0) is 36.8 Å². The van der Waals surface area contributed by atoms with Gasteiger partial charge in [0.1, 0.15) is 11.6 Å². The number of rotatable bonds is 2. The SMILES string of the molecule is Cc1ccc(S)cc1C(=O)Nc1ccc(F)cc1F. The maximum atomic E-state index is 13.4. The number of halogens is 2. The van der Waals surface area contributed by atoms with Gasteiger partial charge in [0, 0.05) is 16.5 Å². The summed E-state index contributed by atoms with van der Waals surface area (Å²) in [6.45, 7) is 1.77. The van der Waals surface area contributed by atoms with Gasteiger partial charge in [0.2, 0.25) is 0 Å². The Labute approximate surface area is 114 Å². The molecule has 0 spiro atoms. The third-order valence-corrected chi connectivity index (χ3v) is 2.92. The Morgan fingerprint density at radius 2 is 1.89 bits per heavy atom. The molecule has 0 atom stereocenters. The second-order valence-corrected chi connectivity index (χ2v) is 4.59. The van der Waals surface area contributed by atoms with E-state index in [9.17, 15) is 13.6 Å². The van der Waals surface area contributed by atoms with Crippen LogP contribution in [0.25, 0.3) is 0 Å². The molecular weight excluding hydrogens is 268 g/mol. The molecule has 2 aromatic carbocycles. The Bertz CT molecular complexity index is 643. The average Bonchev–Trinajstić information content (AvgIpc) is 2.35. The van der Waals surface area contributed by atoms with E-state index in [4.69, 9.17) is 0 Å². The zero-order chi connectivity index (χ0) is 14.0. The smallest absolute Gasteiger partial charge is 0.256 e. The minimum absolute atomic E-state index is 0.0598. The Hall–Kier alpha value is -1.88. The second kappa shape index (κ2) is 5.40. The van der Waals surface area contributed by atoms with E-state index in [-0.39, 0.29) is 5.69 Å². The Kier molecular flexibility index (Phi) is 3.85. The predicted molar refractivity (Wildman–Crippen MR) is 72.7 cm³/mol. The summed E-state index contributed by atoms with van der Waals surface area (Å²) in [4.78, 5) is 12.7. The first-order valence-electron chi connectivity index (χ1n) is 5.53. The van der Waals surface area contributed by atoms with Gasteiger partial charge in [-0.15, -0.1) is 12.6 Å². The summed E-state index contributed by atoms with van der Waals surface area (Å²) in [6, 6.07) is 8.09. The molecule has 0 unspecified atom stereocenters. The lowest BCUT2D eigenvalue weighted by Gasteiger charge is -2.09. The molecule has 0 aliphatic carbocycles. The molecule has 2 rings (SSSR count). The Morgan fingerprint density at radius 1 is 1.16 bits per heavy atom. The molecule has 2 nitrogen and oxygen atoms in total. The summed E-state index contributed by atoms with van der Waals surface area (Å²) in [5, 5.41) is 2.41. The van der Waals surface area contributed by atoms with Crippen LogP contribution >= 0.6 is 12.6 Å². The van der Waals surface area contributed by atoms with Crippen LogP contribution in [0.3, 0.4) is 0 Å².